The van der Waals surface area contributed by atoms with E-state index in [0.717, 1.165) is 12.1 Å². The third-order valence-corrected chi connectivity index (χ3v) is 6.05. The van der Waals surface area contributed by atoms with Crippen LogP contribution in [0.2, 0.25) is 0 Å². The van der Waals surface area contributed by atoms with Crippen molar-refractivity contribution in [3.8, 4) is 5.75 Å². The van der Waals surface area contributed by atoms with Gasteiger partial charge in [-0.3, -0.25) is 4.79 Å². The molecule has 0 fully saturated rings. The molecule has 0 saturated carbocycles. The van der Waals surface area contributed by atoms with E-state index >= 15 is 0 Å². The van der Waals surface area contributed by atoms with E-state index in [0.29, 0.717) is 30.1 Å². The number of hydrogen-bond acceptors (Lipinski definition) is 5. The summed E-state index contributed by atoms with van der Waals surface area (Å²) in [5, 5.41) is 17.9. The third kappa shape index (κ3) is 6.88. The predicted octanol–water partition coefficient (Wildman–Crippen LogP) is 3.72. The van der Waals surface area contributed by atoms with Crippen molar-refractivity contribution in [1.29, 1.82) is 0 Å². The lowest BCUT2D eigenvalue weighted by molar-refractivity contribution is -0.137. The molecule has 11 heteroatoms. The van der Waals surface area contributed by atoms with Gasteiger partial charge in [0.25, 0.3) is 0 Å². The van der Waals surface area contributed by atoms with Crippen LogP contribution >= 0.6 is 0 Å². The van der Waals surface area contributed by atoms with Crippen molar-refractivity contribution in [3.63, 3.8) is 0 Å². The van der Waals surface area contributed by atoms with Gasteiger partial charge in [0.05, 0.1) is 24.6 Å². The molecule has 1 aliphatic rings. The number of urea groups is 1. The summed E-state index contributed by atoms with van der Waals surface area (Å²) in [6.45, 7) is 4.56. The molecule has 36 heavy (non-hydrogen) atoms. The number of carbonyl (C=O) groups excluding carboxylic acids is 2. The number of benzene rings is 2. The lowest BCUT2D eigenvalue weighted by atomic mass is 10.0. The topological polar surface area (TPSA) is 103 Å². The number of hydrogen-bond donors (Lipinski definition) is 4. The zero-order valence-corrected chi connectivity index (χ0v) is 20.4. The monoisotopic (exact) mass is 508 g/mol. The van der Waals surface area contributed by atoms with Gasteiger partial charge >= 0.3 is 12.2 Å². The Morgan fingerprint density at radius 1 is 1.17 bits per heavy atom. The second kappa shape index (κ2) is 11.6. The molecule has 2 aromatic carbocycles. The van der Waals surface area contributed by atoms with E-state index in [1.165, 1.54) is 12.1 Å². The summed E-state index contributed by atoms with van der Waals surface area (Å²) in [4.78, 5) is 27.2. The first-order chi connectivity index (χ1) is 17.0. The van der Waals surface area contributed by atoms with Gasteiger partial charge in [-0.25, -0.2) is 4.79 Å². The molecular formula is C25H31F3N4O4. The van der Waals surface area contributed by atoms with E-state index in [4.69, 9.17) is 4.74 Å². The van der Waals surface area contributed by atoms with Crippen molar-refractivity contribution in [1.82, 2.24) is 10.2 Å². The molecule has 1 aliphatic heterocycles. The number of nitrogens with zero attached hydrogens (tertiary/aromatic N) is 1. The summed E-state index contributed by atoms with van der Waals surface area (Å²) in [6, 6.07) is 8.02. The van der Waals surface area contributed by atoms with Crippen LogP contribution < -0.4 is 20.7 Å². The fraction of sp³-hybridized carbons (Fsp3) is 0.440. The van der Waals surface area contributed by atoms with E-state index < -0.39 is 17.8 Å². The maximum atomic E-state index is 13.1. The number of halogens is 3. The van der Waals surface area contributed by atoms with E-state index in [2.05, 4.69) is 16.0 Å². The van der Waals surface area contributed by atoms with E-state index in [1.807, 2.05) is 14.0 Å². The summed E-state index contributed by atoms with van der Waals surface area (Å²) in [5.74, 6) is 0.320. The Morgan fingerprint density at radius 2 is 1.81 bits per heavy atom. The number of anilines is 2. The predicted molar refractivity (Wildman–Crippen MR) is 130 cm³/mol. The molecule has 2 aromatic rings. The number of likely N-dealkylation sites (N-methyl/N-ethyl adjacent to an activating group) is 1. The summed E-state index contributed by atoms with van der Waals surface area (Å²) in [6.07, 6.45) is -4.70. The average Bonchev–Trinajstić information content (AvgIpc) is 2.86. The highest BCUT2D eigenvalue weighted by Gasteiger charge is 2.31. The van der Waals surface area contributed by atoms with E-state index in [-0.39, 0.29) is 42.7 Å². The van der Waals surface area contributed by atoms with E-state index in [9.17, 15) is 27.9 Å². The lowest BCUT2D eigenvalue weighted by Crippen LogP contribution is -2.47. The van der Waals surface area contributed by atoms with Gasteiger partial charge in [0.2, 0.25) is 5.91 Å². The van der Waals surface area contributed by atoms with Gasteiger partial charge in [-0.05, 0) is 56.4 Å². The van der Waals surface area contributed by atoms with Crippen LogP contribution in [0.1, 0.15) is 25.0 Å². The van der Waals surface area contributed by atoms with Gasteiger partial charge < -0.3 is 30.7 Å². The highest BCUT2D eigenvalue weighted by Crippen LogP contribution is 2.31. The summed E-state index contributed by atoms with van der Waals surface area (Å²) >= 11 is 0. The summed E-state index contributed by atoms with van der Waals surface area (Å²) in [7, 11) is 1.81. The average molecular weight is 509 g/mol. The van der Waals surface area contributed by atoms with E-state index in [1.54, 1.807) is 30.0 Å². The SMILES string of the molecule is CNC[C@H]1Oc2ccc(NC(=O)Nc3ccc(C(F)(F)F)cc3)cc2CC(=O)N([C@@H](C)CO)C[C@@H]1C. The minimum atomic E-state index is -4.46. The molecule has 0 unspecified atom stereocenters. The molecule has 0 bridgehead atoms. The fourth-order valence-electron chi connectivity index (χ4n) is 3.99. The number of alkyl halides is 3. The normalized spacial score (nSPS) is 19.3. The molecule has 8 nitrogen and oxygen atoms in total. The van der Waals surface area contributed by atoms with Gasteiger partial charge in [-0.15, -0.1) is 0 Å². The minimum absolute atomic E-state index is 0.00864. The zero-order chi connectivity index (χ0) is 26.5. The lowest BCUT2D eigenvalue weighted by Gasteiger charge is -2.32. The van der Waals surface area contributed by atoms with Gasteiger partial charge in [-0.2, -0.15) is 13.2 Å². The van der Waals surface area contributed by atoms with Crippen LogP contribution in [-0.2, 0) is 17.4 Å². The Bertz CT molecular complexity index is 1060. The van der Waals surface area contributed by atoms with Crippen LogP contribution in [0.15, 0.2) is 42.5 Å². The Hall–Kier alpha value is -3.31. The zero-order valence-electron chi connectivity index (χ0n) is 20.4. The minimum Gasteiger partial charge on any atom is -0.488 e. The van der Waals surface area contributed by atoms with Crippen molar-refractivity contribution in [2.75, 3.05) is 37.4 Å². The van der Waals surface area contributed by atoms with Crippen molar-refractivity contribution in [2.24, 2.45) is 5.92 Å². The molecule has 0 saturated heterocycles. The standard InChI is InChI=1S/C25H31F3N4O4/c1-15-13-32(16(2)14-33)23(34)11-17-10-20(8-9-21(17)36-22(15)12-29-3)31-24(35)30-19-6-4-18(5-7-19)25(26,27)28/h4-10,15-16,22,29,33H,11-14H2,1-3H3,(H2,30,31,35)/t15-,16-,22+/m0/s1. The molecule has 0 aromatic heterocycles. The third-order valence-electron chi connectivity index (χ3n) is 6.05. The molecule has 0 radical (unpaired) electrons. The molecule has 4 N–H and O–H groups in total. The van der Waals surface area contributed by atoms with Crippen molar-refractivity contribution >= 4 is 23.3 Å². The van der Waals surface area contributed by atoms with Gasteiger partial charge in [0, 0.05) is 35.9 Å². The molecule has 3 atom stereocenters. The Morgan fingerprint density at radius 3 is 2.42 bits per heavy atom. The number of rotatable bonds is 6. The second-order valence-corrected chi connectivity index (χ2v) is 8.92. The Kier molecular flexibility index (Phi) is 8.80. The Labute approximate surface area is 207 Å². The number of aliphatic hydroxyl groups excluding tert-OH is 1. The first kappa shape index (κ1) is 27.3. The summed E-state index contributed by atoms with van der Waals surface area (Å²) < 4.78 is 44.5. The van der Waals surface area contributed by atoms with Crippen molar-refractivity contribution < 1.29 is 32.6 Å². The number of fused-ring (bicyclic) bond motifs is 1. The number of aliphatic hydroxyl groups is 1. The van der Waals surface area contributed by atoms with Crippen molar-refractivity contribution in [2.45, 2.75) is 38.6 Å². The number of carbonyl (C=O) groups is 2. The molecule has 196 valence electrons. The van der Waals surface area contributed by atoms with Gasteiger partial charge in [-0.1, -0.05) is 6.92 Å². The second-order valence-electron chi connectivity index (χ2n) is 8.92. The number of nitrogens with one attached hydrogen (secondary N) is 3. The van der Waals surface area contributed by atoms with Crippen LogP contribution in [0.3, 0.4) is 0 Å². The summed E-state index contributed by atoms with van der Waals surface area (Å²) in [5.41, 5.74) is 0.330. The highest BCUT2D eigenvalue weighted by molar-refractivity contribution is 6.00. The maximum absolute atomic E-state index is 13.1. The first-order valence-corrected chi connectivity index (χ1v) is 11.6. The maximum Gasteiger partial charge on any atom is 0.416 e. The molecular weight excluding hydrogens is 477 g/mol. The largest absolute Gasteiger partial charge is 0.488 e. The van der Waals surface area contributed by atoms with Crippen LogP contribution in [0.4, 0.5) is 29.3 Å². The molecule has 3 amide bonds. The quantitative estimate of drug-likeness (QED) is 0.477. The fourth-order valence-corrected chi connectivity index (χ4v) is 3.99. The highest BCUT2D eigenvalue weighted by atomic mass is 19.4. The number of ether oxygens (including phenoxy) is 1. The van der Waals surface area contributed by atoms with Crippen LogP contribution in [0.25, 0.3) is 0 Å². The van der Waals surface area contributed by atoms with Crippen LogP contribution in [-0.4, -0.2) is 60.8 Å². The molecule has 3 rings (SSSR count). The number of amides is 3. The Balaban J connectivity index is 1.80. The van der Waals surface area contributed by atoms with Crippen LogP contribution in [0, 0.1) is 5.92 Å². The van der Waals surface area contributed by atoms with Gasteiger partial charge in [0.15, 0.2) is 0 Å². The van der Waals surface area contributed by atoms with Crippen LogP contribution in [0.5, 0.6) is 5.75 Å². The molecule has 0 spiro atoms. The van der Waals surface area contributed by atoms with Crippen molar-refractivity contribution in [3.05, 3.63) is 53.6 Å². The first-order valence-electron chi connectivity index (χ1n) is 11.6. The smallest absolute Gasteiger partial charge is 0.416 e. The molecule has 0 aliphatic carbocycles. The molecule has 1 heterocycles. The van der Waals surface area contributed by atoms with Gasteiger partial charge in [0.1, 0.15) is 11.9 Å².